The van der Waals surface area contributed by atoms with Crippen molar-refractivity contribution in [1.29, 1.82) is 0 Å². The third kappa shape index (κ3) is 23.1. The van der Waals surface area contributed by atoms with Crippen LogP contribution in [0.5, 0.6) is 0 Å². The number of rotatable bonds is 24. The number of aliphatic carboxylic acids is 2. The molecule has 1 atom stereocenters. The summed E-state index contributed by atoms with van der Waals surface area (Å²) in [6.45, 7) is 2.28. The van der Waals surface area contributed by atoms with E-state index in [1.54, 1.807) is 6.08 Å². The summed E-state index contributed by atoms with van der Waals surface area (Å²) in [7, 11) is 0. The van der Waals surface area contributed by atoms with Crippen molar-refractivity contribution in [2.75, 3.05) is 0 Å². The Morgan fingerprint density at radius 3 is 1.44 bits per heavy atom. The molecule has 0 aliphatic rings. The van der Waals surface area contributed by atoms with Gasteiger partial charge in [0, 0.05) is 0 Å². The summed E-state index contributed by atoms with van der Waals surface area (Å²) in [5.74, 6) is -2.97. The molecule has 186 valence electrons. The van der Waals surface area contributed by atoms with Crippen LogP contribution in [0.2, 0.25) is 0 Å². The van der Waals surface area contributed by atoms with Crippen molar-refractivity contribution >= 4 is 11.9 Å². The summed E-state index contributed by atoms with van der Waals surface area (Å²) in [6.07, 6.45) is 32.1. The van der Waals surface area contributed by atoms with Crippen LogP contribution in [0.15, 0.2) is 24.3 Å². The zero-order valence-corrected chi connectivity index (χ0v) is 20.7. The van der Waals surface area contributed by atoms with Gasteiger partial charge in [0.15, 0.2) is 0 Å². The van der Waals surface area contributed by atoms with Gasteiger partial charge in [0.1, 0.15) is 0 Å². The molecule has 0 heterocycles. The first-order chi connectivity index (χ1) is 15.6. The van der Waals surface area contributed by atoms with Crippen LogP contribution in [0.1, 0.15) is 135 Å². The average Bonchev–Trinajstić information content (AvgIpc) is 2.76. The number of carboxylic acid groups (broad SMARTS) is 2. The monoisotopic (exact) mass is 450 g/mol. The standard InChI is InChI=1S/C28H50O4/c1-2-3-4-5-6-7-8-9-10-11-12-13-14-15-16-17-18-19-20-21-22-23-24-26(28(31)32)25-27(29)30/h20-23,26H,2-19,24-25H2,1H3,(H,29,30)(H,31,32)/b21-20+,23-22+. The molecular formula is C28H50O4. The van der Waals surface area contributed by atoms with Gasteiger partial charge in [-0.05, 0) is 19.3 Å². The van der Waals surface area contributed by atoms with Crippen LogP contribution in [-0.2, 0) is 9.59 Å². The van der Waals surface area contributed by atoms with Crippen LogP contribution in [0, 0.1) is 5.92 Å². The molecule has 2 N–H and O–H groups in total. The molecule has 0 spiro atoms. The van der Waals surface area contributed by atoms with Crippen molar-refractivity contribution in [2.45, 2.75) is 135 Å². The minimum absolute atomic E-state index is 0.255. The second-order valence-corrected chi connectivity index (χ2v) is 9.17. The maximum atomic E-state index is 11.0. The van der Waals surface area contributed by atoms with E-state index < -0.39 is 17.9 Å². The number of allylic oxidation sites excluding steroid dienone is 4. The van der Waals surface area contributed by atoms with Crippen molar-refractivity contribution in [3.63, 3.8) is 0 Å². The molecule has 0 aliphatic heterocycles. The van der Waals surface area contributed by atoms with Crippen LogP contribution in [0.25, 0.3) is 0 Å². The van der Waals surface area contributed by atoms with Gasteiger partial charge in [-0.3, -0.25) is 9.59 Å². The van der Waals surface area contributed by atoms with Crippen LogP contribution >= 0.6 is 0 Å². The minimum atomic E-state index is -1.07. The van der Waals surface area contributed by atoms with E-state index in [1.165, 1.54) is 109 Å². The van der Waals surface area contributed by atoms with Crippen molar-refractivity contribution in [3.05, 3.63) is 24.3 Å². The highest BCUT2D eigenvalue weighted by atomic mass is 16.4. The molecule has 0 aromatic rings. The summed E-state index contributed by atoms with van der Waals surface area (Å²) in [5.41, 5.74) is 0. The van der Waals surface area contributed by atoms with Gasteiger partial charge in [0.2, 0.25) is 0 Å². The molecule has 0 aromatic heterocycles. The molecule has 0 bridgehead atoms. The Morgan fingerprint density at radius 2 is 1.03 bits per heavy atom. The van der Waals surface area contributed by atoms with E-state index in [0.29, 0.717) is 0 Å². The number of hydrogen-bond donors (Lipinski definition) is 2. The highest BCUT2D eigenvalue weighted by Crippen LogP contribution is 2.14. The lowest BCUT2D eigenvalue weighted by atomic mass is 10.0. The summed E-state index contributed by atoms with van der Waals surface area (Å²) in [6, 6.07) is 0. The molecule has 4 nitrogen and oxygen atoms in total. The Balaban J connectivity index is 3.35. The first-order valence-corrected chi connectivity index (χ1v) is 13.3. The summed E-state index contributed by atoms with van der Waals surface area (Å²) in [4.78, 5) is 21.6. The Bertz CT molecular complexity index is 496. The molecule has 0 rings (SSSR count). The maximum Gasteiger partial charge on any atom is 0.307 e. The van der Waals surface area contributed by atoms with Gasteiger partial charge >= 0.3 is 11.9 Å². The Hall–Kier alpha value is -1.58. The Labute approximate surface area is 197 Å². The van der Waals surface area contributed by atoms with E-state index in [1.807, 2.05) is 12.2 Å². The molecule has 32 heavy (non-hydrogen) atoms. The predicted molar refractivity (Wildman–Crippen MR) is 135 cm³/mol. The van der Waals surface area contributed by atoms with Crippen LogP contribution in [0.3, 0.4) is 0 Å². The Morgan fingerprint density at radius 1 is 0.625 bits per heavy atom. The molecule has 1 unspecified atom stereocenters. The van der Waals surface area contributed by atoms with Gasteiger partial charge in [-0.25, -0.2) is 0 Å². The minimum Gasteiger partial charge on any atom is -0.481 e. The number of carboxylic acids is 2. The fourth-order valence-electron chi connectivity index (χ4n) is 3.97. The van der Waals surface area contributed by atoms with E-state index in [9.17, 15) is 9.59 Å². The molecule has 4 heteroatoms. The SMILES string of the molecule is CCCCCCCCCCCCCCCCCCC/C=C/C=C/CC(CC(=O)O)C(=O)O. The maximum absolute atomic E-state index is 11.0. The van der Waals surface area contributed by atoms with E-state index in [4.69, 9.17) is 10.2 Å². The molecule has 0 aliphatic carbocycles. The van der Waals surface area contributed by atoms with Gasteiger partial charge in [-0.2, -0.15) is 0 Å². The second kappa shape index (κ2) is 24.1. The van der Waals surface area contributed by atoms with E-state index in [0.717, 1.165) is 6.42 Å². The molecule has 0 aromatic carbocycles. The van der Waals surface area contributed by atoms with Gasteiger partial charge in [-0.1, -0.05) is 134 Å². The van der Waals surface area contributed by atoms with Crippen molar-refractivity contribution in [1.82, 2.24) is 0 Å². The highest BCUT2D eigenvalue weighted by molar-refractivity contribution is 5.77. The lowest BCUT2D eigenvalue weighted by Crippen LogP contribution is -2.16. The fourth-order valence-corrected chi connectivity index (χ4v) is 3.97. The summed E-state index contributed by atoms with van der Waals surface area (Å²) < 4.78 is 0. The van der Waals surface area contributed by atoms with Crippen molar-refractivity contribution < 1.29 is 19.8 Å². The lowest BCUT2D eigenvalue weighted by Gasteiger charge is -2.05. The first-order valence-electron chi connectivity index (χ1n) is 13.3. The normalized spacial score (nSPS) is 12.7. The second-order valence-electron chi connectivity index (χ2n) is 9.17. The zero-order valence-electron chi connectivity index (χ0n) is 20.7. The van der Waals surface area contributed by atoms with Gasteiger partial charge in [0.05, 0.1) is 12.3 Å². The van der Waals surface area contributed by atoms with Crippen LogP contribution < -0.4 is 0 Å². The van der Waals surface area contributed by atoms with Gasteiger partial charge in [0.25, 0.3) is 0 Å². The number of hydrogen-bond acceptors (Lipinski definition) is 2. The van der Waals surface area contributed by atoms with Crippen molar-refractivity contribution in [2.24, 2.45) is 5.92 Å². The molecule has 0 saturated heterocycles. The van der Waals surface area contributed by atoms with Gasteiger partial charge < -0.3 is 10.2 Å². The quantitative estimate of drug-likeness (QED) is 0.114. The topological polar surface area (TPSA) is 74.6 Å². The van der Waals surface area contributed by atoms with E-state index in [-0.39, 0.29) is 12.8 Å². The highest BCUT2D eigenvalue weighted by Gasteiger charge is 2.18. The first kappa shape index (κ1) is 30.4. The van der Waals surface area contributed by atoms with Crippen LogP contribution in [-0.4, -0.2) is 22.2 Å². The molecule has 0 fully saturated rings. The van der Waals surface area contributed by atoms with E-state index >= 15 is 0 Å². The van der Waals surface area contributed by atoms with E-state index in [2.05, 4.69) is 13.0 Å². The zero-order chi connectivity index (χ0) is 23.7. The smallest absolute Gasteiger partial charge is 0.307 e. The Kier molecular flexibility index (Phi) is 22.9. The van der Waals surface area contributed by atoms with Crippen molar-refractivity contribution in [3.8, 4) is 0 Å². The lowest BCUT2D eigenvalue weighted by molar-refractivity contribution is -0.148. The third-order valence-corrected chi connectivity index (χ3v) is 6.05. The number of carbonyl (C=O) groups is 2. The van der Waals surface area contributed by atoms with Crippen LogP contribution in [0.4, 0.5) is 0 Å². The number of unbranched alkanes of at least 4 members (excludes halogenated alkanes) is 17. The molecule has 0 radical (unpaired) electrons. The summed E-state index contributed by atoms with van der Waals surface area (Å²) in [5, 5.41) is 17.7. The van der Waals surface area contributed by atoms with Gasteiger partial charge in [-0.15, -0.1) is 0 Å². The third-order valence-electron chi connectivity index (χ3n) is 6.05. The summed E-state index contributed by atoms with van der Waals surface area (Å²) >= 11 is 0. The predicted octanol–water partition coefficient (Wildman–Crippen LogP) is 8.71. The largest absolute Gasteiger partial charge is 0.481 e. The molecule has 0 saturated carbocycles. The molecule has 0 amide bonds. The average molecular weight is 451 g/mol. The molecular weight excluding hydrogens is 400 g/mol. The fraction of sp³-hybridized carbons (Fsp3) is 0.786.